The van der Waals surface area contributed by atoms with E-state index in [0.29, 0.717) is 6.42 Å². The molecule has 1 aliphatic carbocycles. The van der Waals surface area contributed by atoms with Crippen LogP contribution >= 0.6 is 0 Å². The molecule has 2 nitrogen and oxygen atoms in total. The second kappa shape index (κ2) is 2.57. The van der Waals surface area contributed by atoms with Gasteiger partial charge in [-0.3, -0.25) is 0 Å². The maximum Gasteiger partial charge on any atom is 0.0773 e. The molecular formula is C10H13NO. The third kappa shape index (κ3) is 0.958. The Hall–Kier alpha value is -0.860. The fourth-order valence-corrected chi connectivity index (χ4v) is 1.86. The molecule has 0 aromatic heterocycles. The van der Waals surface area contributed by atoms with E-state index in [1.54, 1.807) is 0 Å². The summed E-state index contributed by atoms with van der Waals surface area (Å²) in [6.07, 6.45) is 0.324. The Morgan fingerprint density at radius 1 is 1.50 bits per heavy atom. The standard InChI is InChI=1S/C10H13NO/c1-6-3-2-4-7-8(6)5-9(12)10(7)11/h2-4,9-10,12H,5,11H2,1H3/t9-,10+/m1/s1. The van der Waals surface area contributed by atoms with Gasteiger partial charge in [-0.1, -0.05) is 18.2 Å². The van der Waals surface area contributed by atoms with E-state index in [1.165, 1.54) is 11.1 Å². The molecule has 2 atom stereocenters. The van der Waals surface area contributed by atoms with Gasteiger partial charge in [0.2, 0.25) is 0 Å². The normalized spacial score (nSPS) is 27.2. The molecule has 0 saturated carbocycles. The van der Waals surface area contributed by atoms with Crippen LogP contribution in [-0.4, -0.2) is 11.2 Å². The van der Waals surface area contributed by atoms with Crippen LogP contribution in [0.25, 0.3) is 0 Å². The van der Waals surface area contributed by atoms with Gasteiger partial charge in [0.05, 0.1) is 12.1 Å². The Morgan fingerprint density at radius 2 is 2.25 bits per heavy atom. The van der Waals surface area contributed by atoms with Gasteiger partial charge in [0.15, 0.2) is 0 Å². The molecule has 0 amide bonds. The van der Waals surface area contributed by atoms with Crippen molar-refractivity contribution < 1.29 is 5.11 Å². The lowest BCUT2D eigenvalue weighted by Crippen LogP contribution is -2.21. The van der Waals surface area contributed by atoms with Crippen molar-refractivity contribution >= 4 is 0 Å². The van der Waals surface area contributed by atoms with Crippen molar-refractivity contribution in [2.75, 3.05) is 0 Å². The Kier molecular flexibility index (Phi) is 1.67. The van der Waals surface area contributed by atoms with Crippen LogP contribution in [0.4, 0.5) is 0 Å². The third-order valence-electron chi connectivity index (χ3n) is 2.63. The van der Waals surface area contributed by atoms with Gasteiger partial charge in [-0.2, -0.15) is 0 Å². The summed E-state index contributed by atoms with van der Waals surface area (Å²) in [5.74, 6) is 0. The summed E-state index contributed by atoms with van der Waals surface area (Å²) in [7, 11) is 0. The van der Waals surface area contributed by atoms with Gasteiger partial charge in [0, 0.05) is 6.42 Å². The minimum atomic E-state index is -0.388. The quantitative estimate of drug-likeness (QED) is 0.597. The first-order valence-electron chi connectivity index (χ1n) is 4.22. The van der Waals surface area contributed by atoms with Gasteiger partial charge in [-0.15, -0.1) is 0 Å². The van der Waals surface area contributed by atoms with Crippen molar-refractivity contribution in [2.45, 2.75) is 25.5 Å². The second-order valence-electron chi connectivity index (χ2n) is 3.44. The van der Waals surface area contributed by atoms with E-state index in [4.69, 9.17) is 5.73 Å². The van der Waals surface area contributed by atoms with E-state index >= 15 is 0 Å². The number of fused-ring (bicyclic) bond motifs is 1. The van der Waals surface area contributed by atoms with Crippen LogP contribution in [0, 0.1) is 6.92 Å². The summed E-state index contributed by atoms with van der Waals surface area (Å²) in [5.41, 5.74) is 9.39. The zero-order valence-electron chi connectivity index (χ0n) is 7.12. The minimum Gasteiger partial charge on any atom is -0.391 e. The molecular weight excluding hydrogens is 150 g/mol. The Balaban J connectivity index is 2.53. The monoisotopic (exact) mass is 163 g/mol. The topological polar surface area (TPSA) is 46.2 Å². The largest absolute Gasteiger partial charge is 0.391 e. The van der Waals surface area contributed by atoms with Crippen LogP contribution < -0.4 is 5.73 Å². The summed E-state index contributed by atoms with van der Waals surface area (Å²) in [4.78, 5) is 0. The first kappa shape index (κ1) is 7.77. The summed E-state index contributed by atoms with van der Waals surface area (Å²) in [6.45, 7) is 2.06. The Bertz CT molecular complexity index is 309. The zero-order chi connectivity index (χ0) is 8.72. The molecule has 3 N–H and O–H groups in total. The number of rotatable bonds is 0. The van der Waals surface area contributed by atoms with Crippen LogP contribution in [0.3, 0.4) is 0 Å². The first-order chi connectivity index (χ1) is 5.70. The van der Waals surface area contributed by atoms with E-state index in [9.17, 15) is 5.11 Å². The van der Waals surface area contributed by atoms with Gasteiger partial charge in [0.1, 0.15) is 0 Å². The van der Waals surface area contributed by atoms with E-state index in [-0.39, 0.29) is 12.1 Å². The predicted molar refractivity (Wildman–Crippen MR) is 47.8 cm³/mol. The zero-order valence-corrected chi connectivity index (χ0v) is 7.12. The van der Waals surface area contributed by atoms with Crippen LogP contribution in [0.2, 0.25) is 0 Å². The fraction of sp³-hybridized carbons (Fsp3) is 0.400. The number of benzene rings is 1. The van der Waals surface area contributed by atoms with Gasteiger partial charge >= 0.3 is 0 Å². The average molecular weight is 163 g/mol. The summed E-state index contributed by atoms with van der Waals surface area (Å²) < 4.78 is 0. The summed E-state index contributed by atoms with van der Waals surface area (Å²) >= 11 is 0. The number of aliphatic hydroxyl groups is 1. The van der Waals surface area contributed by atoms with Crippen molar-refractivity contribution in [1.82, 2.24) is 0 Å². The molecule has 0 fully saturated rings. The molecule has 1 aromatic rings. The molecule has 0 spiro atoms. The number of nitrogens with two attached hydrogens (primary N) is 1. The van der Waals surface area contributed by atoms with E-state index < -0.39 is 0 Å². The third-order valence-corrected chi connectivity index (χ3v) is 2.63. The maximum absolute atomic E-state index is 9.52. The number of aryl methyl sites for hydroxylation is 1. The van der Waals surface area contributed by atoms with Crippen molar-refractivity contribution in [3.8, 4) is 0 Å². The molecule has 2 heteroatoms. The molecule has 0 saturated heterocycles. The molecule has 12 heavy (non-hydrogen) atoms. The summed E-state index contributed by atoms with van der Waals surface area (Å²) in [6, 6.07) is 5.87. The number of aliphatic hydroxyl groups excluding tert-OH is 1. The molecule has 0 unspecified atom stereocenters. The Labute approximate surface area is 72.0 Å². The van der Waals surface area contributed by atoms with E-state index in [2.05, 4.69) is 13.0 Å². The first-order valence-corrected chi connectivity index (χ1v) is 4.22. The van der Waals surface area contributed by atoms with Gasteiger partial charge in [0.25, 0.3) is 0 Å². The molecule has 0 aliphatic heterocycles. The van der Waals surface area contributed by atoms with Gasteiger partial charge < -0.3 is 10.8 Å². The molecule has 1 aromatic carbocycles. The average Bonchev–Trinajstić information content (AvgIpc) is 2.32. The van der Waals surface area contributed by atoms with Crippen LogP contribution in [0.1, 0.15) is 22.7 Å². The van der Waals surface area contributed by atoms with Crippen molar-refractivity contribution in [1.29, 1.82) is 0 Å². The lowest BCUT2D eigenvalue weighted by Gasteiger charge is -2.08. The van der Waals surface area contributed by atoms with Crippen LogP contribution in [0.15, 0.2) is 18.2 Å². The summed E-state index contributed by atoms with van der Waals surface area (Å²) in [5, 5.41) is 9.52. The molecule has 1 aliphatic rings. The Morgan fingerprint density at radius 3 is 2.92 bits per heavy atom. The second-order valence-corrected chi connectivity index (χ2v) is 3.44. The highest BCUT2D eigenvalue weighted by Gasteiger charge is 2.28. The highest BCUT2D eigenvalue weighted by Crippen LogP contribution is 2.31. The van der Waals surface area contributed by atoms with E-state index in [0.717, 1.165) is 5.56 Å². The van der Waals surface area contributed by atoms with Gasteiger partial charge in [-0.25, -0.2) is 0 Å². The SMILES string of the molecule is Cc1cccc2c1C[C@@H](O)[C@H]2N. The van der Waals surface area contributed by atoms with Gasteiger partial charge in [-0.05, 0) is 23.6 Å². The predicted octanol–water partition coefficient (Wildman–Crippen LogP) is 0.912. The molecule has 0 radical (unpaired) electrons. The van der Waals surface area contributed by atoms with Crippen LogP contribution in [0.5, 0.6) is 0 Å². The van der Waals surface area contributed by atoms with Crippen molar-refractivity contribution in [3.05, 3.63) is 34.9 Å². The van der Waals surface area contributed by atoms with E-state index in [1.807, 2.05) is 12.1 Å². The highest BCUT2D eigenvalue weighted by molar-refractivity contribution is 5.41. The lowest BCUT2D eigenvalue weighted by atomic mass is 10.0. The molecule has 2 rings (SSSR count). The maximum atomic E-state index is 9.52. The minimum absolute atomic E-state index is 0.181. The molecule has 64 valence electrons. The molecule has 0 bridgehead atoms. The smallest absolute Gasteiger partial charge is 0.0773 e. The highest BCUT2D eigenvalue weighted by atomic mass is 16.3. The van der Waals surface area contributed by atoms with Crippen molar-refractivity contribution in [2.24, 2.45) is 5.73 Å². The lowest BCUT2D eigenvalue weighted by molar-refractivity contribution is 0.158. The fourth-order valence-electron chi connectivity index (χ4n) is 1.86. The number of hydrogen-bond donors (Lipinski definition) is 2. The van der Waals surface area contributed by atoms with Crippen LogP contribution in [-0.2, 0) is 6.42 Å². The van der Waals surface area contributed by atoms with Crippen molar-refractivity contribution in [3.63, 3.8) is 0 Å². The number of hydrogen-bond acceptors (Lipinski definition) is 2. The molecule has 0 heterocycles.